The molecule has 0 unspecified atom stereocenters. The Balaban J connectivity index is 1.55. The molecular weight excluding hydrogens is 358 g/mol. The topological polar surface area (TPSA) is 44.9 Å². The minimum Gasteiger partial charge on any atom is -0.370 e. The molecule has 5 nitrogen and oxygen atoms in total. The van der Waals surface area contributed by atoms with Crippen molar-refractivity contribution in [3.8, 4) is 11.1 Å². The first-order valence-corrected chi connectivity index (χ1v) is 10.4. The summed E-state index contributed by atoms with van der Waals surface area (Å²) >= 11 is 0. The second-order valence-corrected chi connectivity index (χ2v) is 8.03. The van der Waals surface area contributed by atoms with Crippen LogP contribution in [0.4, 0.5) is 5.69 Å². The Bertz CT molecular complexity index is 1130. The highest BCUT2D eigenvalue weighted by Gasteiger charge is 2.21. The van der Waals surface area contributed by atoms with Crippen molar-refractivity contribution in [2.24, 2.45) is 4.99 Å². The van der Waals surface area contributed by atoms with Gasteiger partial charge in [0.1, 0.15) is 11.5 Å². The fourth-order valence-electron chi connectivity index (χ4n) is 4.58. The predicted molar refractivity (Wildman–Crippen MR) is 121 cm³/mol. The average molecular weight is 386 g/mol. The number of rotatable bonds is 3. The molecule has 1 fully saturated rings. The van der Waals surface area contributed by atoms with E-state index in [1.807, 2.05) is 13.2 Å². The van der Waals surface area contributed by atoms with Crippen LogP contribution in [-0.4, -0.2) is 40.3 Å². The summed E-state index contributed by atoms with van der Waals surface area (Å²) in [4.78, 5) is 11.4. The van der Waals surface area contributed by atoms with Gasteiger partial charge in [-0.25, -0.2) is 4.98 Å². The van der Waals surface area contributed by atoms with Crippen LogP contribution >= 0.6 is 0 Å². The Morgan fingerprint density at radius 1 is 1.14 bits per heavy atom. The minimum atomic E-state index is 0.882. The molecular formula is C24H27N5. The number of likely N-dealkylation sites (tertiary alicyclic amines) is 1. The Labute approximate surface area is 171 Å². The van der Waals surface area contributed by atoms with E-state index < -0.39 is 0 Å². The van der Waals surface area contributed by atoms with Gasteiger partial charge in [0.05, 0.1) is 17.6 Å². The molecule has 2 aromatic heterocycles. The first kappa shape index (κ1) is 18.0. The van der Waals surface area contributed by atoms with Crippen molar-refractivity contribution in [2.75, 3.05) is 25.5 Å². The van der Waals surface area contributed by atoms with Gasteiger partial charge >= 0.3 is 0 Å². The molecule has 2 aliphatic rings. The van der Waals surface area contributed by atoms with E-state index in [0.29, 0.717) is 0 Å². The standard InChI is InChI=1S/C24H27N5/c1-16-20(9-7-18-13-22(25-3)27-24(16)18)19-8-10-23-26-14-21(29(23)15-19)17(2)28-11-5-4-6-12-28/h7-10,14-15H,2,4-6,11-13H2,1,3H3,(H,25,27). The summed E-state index contributed by atoms with van der Waals surface area (Å²) in [5.74, 6) is 1.03. The van der Waals surface area contributed by atoms with Crippen molar-refractivity contribution in [3.05, 3.63) is 60.1 Å². The molecule has 1 saturated heterocycles. The average Bonchev–Trinajstić information content (AvgIpc) is 3.38. The van der Waals surface area contributed by atoms with Gasteiger partial charge in [-0.05, 0) is 60.6 Å². The van der Waals surface area contributed by atoms with Crippen molar-refractivity contribution in [3.63, 3.8) is 0 Å². The Morgan fingerprint density at radius 2 is 1.97 bits per heavy atom. The summed E-state index contributed by atoms with van der Waals surface area (Å²) in [6.07, 6.45) is 8.84. The zero-order valence-electron chi connectivity index (χ0n) is 17.2. The van der Waals surface area contributed by atoms with Crippen molar-refractivity contribution in [1.29, 1.82) is 0 Å². The summed E-state index contributed by atoms with van der Waals surface area (Å²) in [7, 11) is 1.84. The number of imidazole rings is 1. The lowest BCUT2D eigenvalue weighted by molar-refractivity contribution is 0.325. The third kappa shape index (κ3) is 3.01. The number of anilines is 1. The molecule has 0 radical (unpaired) electrons. The van der Waals surface area contributed by atoms with Gasteiger partial charge in [-0.1, -0.05) is 18.7 Å². The number of hydrogen-bond donors (Lipinski definition) is 1. The van der Waals surface area contributed by atoms with E-state index >= 15 is 0 Å². The summed E-state index contributed by atoms with van der Waals surface area (Å²) in [6.45, 7) is 8.76. The van der Waals surface area contributed by atoms with Crippen LogP contribution in [0.25, 0.3) is 22.5 Å². The number of hydrogen-bond acceptors (Lipinski definition) is 3. The first-order chi connectivity index (χ1) is 14.2. The third-order valence-electron chi connectivity index (χ3n) is 6.30. The maximum atomic E-state index is 4.62. The van der Waals surface area contributed by atoms with Gasteiger partial charge in [0, 0.05) is 38.4 Å². The quantitative estimate of drug-likeness (QED) is 0.707. The van der Waals surface area contributed by atoms with Crippen LogP contribution in [0, 0.1) is 6.92 Å². The maximum Gasteiger partial charge on any atom is 0.137 e. The molecule has 3 aromatic rings. The summed E-state index contributed by atoms with van der Waals surface area (Å²) in [6, 6.07) is 8.70. The molecule has 4 heterocycles. The minimum absolute atomic E-state index is 0.882. The molecule has 2 aliphatic heterocycles. The van der Waals surface area contributed by atoms with Crippen molar-refractivity contribution < 1.29 is 0 Å². The number of piperidine rings is 1. The molecule has 29 heavy (non-hydrogen) atoms. The van der Waals surface area contributed by atoms with Gasteiger partial charge in [-0.15, -0.1) is 0 Å². The molecule has 148 valence electrons. The largest absolute Gasteiger partial charge is 0.370 e. The molecule has 5 rings (SSSR count). The zero-order valence-corrected chi connectivity index (χ0v) is 17.2. The lowest BCUT2D eigenvalue weighted by Crippen LogP contribution is -2.28. The van der Waals surface area contributed by atoms with E-state index in [1.54, 1.807) is 0 Å². The molecule has 0 spiro atoms. The summed E-state index contributed by atoms with van der Waals surface area (Å²) in [5.41, 5.74) is 9.32. The SMILES string of the molecule is C=C(c1cnc2ccc(-c3ccc4c(c3C)NC(=NC)C4)cn12)N1CCCCC1. The molecule has 1 aromatic carbocycles. The summed E-state index contributed by atoms with van der Waals surface area (Å²) < 4.78 is 2.19. The van der Waals surface area contributed by atoms with Crippen LogP contribution < -0.4 is 5.32 Å². The van der Waals surface area contributed by atoms with Crippen LogP contribution in [0.2, 0.25) is 0 Å². The highest BCUT2D eigenvalue weighted by atomic mass is 15.2. The number of nitrogens with one attached hydrogen (secondary N) is 1. The number of fused-ring (bicyclic) bond motifs is 2. The van der Waals surface area contributed by atoms with E-state index in [0.717, 1.165) is 42.4 Å². The van der Waals surface area contributed by atoms with E-state index in [4.69, 9.17) is 0 Å². The maximum absolute atomic E-state index is 4.62. The van der Waals surface area contributed by atoms with Gasteiger partial charge in [0.25, 0.3) is 0 Å². The second-order valence-electron chi connectivity index (χ2n) is 8.03. The summed E-state index contributed by atoms with van der Waals surface area (Å²) in [5, 5.41) is 3.48. The molecule has 5 heteroatoms. The lowest BCUT2D eigenvalue weighted by Gasteiger charge is -2.30. The Kier molecular flexibility index (Phi) is 4.38. The Morgan fingerprint density at radius 3 is 2.76 bits per heavy atom. The van der Waals surface area contributed by atoms with Gasteiger partial charge in [-0.2, -0.15) is 0 Å². The van der Waals surface area contributed by atoms with E-state index in [9.17, 15) is 0 Å². The molecule has 0 atom stereocenters. The van der Waals surface area contributed by atoms with Gasteiger partial charge in [0.15, 0.2) is 0 Å². The van der Waals surface area contributed by atoms with Crippen LogP contribution in [0.1, 0.15) is 36.1 Å². The van der Waals surface area contributed by atoms with Crippen molar-refractivity contribution in [1.82, 2.24) is 14.3 Å². The number of nitrogens with zero attached hydrogens (tertiary/aromatic N) is 4. The van der Waals surface area contributed by atoms with Gasteiger partial charge in [-0.3, -0.25) is 9.39 Å². The normalized spacial score (nSPS) is 17.6. The van der Waals surface area contributed by atoms with Crippen LogP contribution in [0.15, 0.2) is 48.2 Å². The number of benzene rings is 1. The van der Waals surface area contributed by atoms with Crippen LogP contribution in [0.3, 0.4) is 0 Å². The molecule has 0 bridgehead atoms. The van der Waals surface area contributed by atoms with E-state index in [-0.39, 0.29) is 0 Å². The predicted octanol–water partition coefficient (Wildman–Crippen LogP) is 4.76. The van der Waals surface area contributed by atoms with Crippen molar-refractivity contribution in [2.45, 2.75) is 32.6 Å². The van der Waals surface area contributed by atoms with Crippen LogP contribution in [0.5, 0.6) is 0 Å². The van der Waals surface area contributed by atoms with E-state index in [1.165, 1.54) is 47.2 Å². The zero-order chi connectivity index (χ0) is 20.0. The monoisotopic (exact) mass is 385 g/mol. The smallest absolute Gasteiger partial charge is 0.137 e. The van der Waals surface area contributed by atoms with Gasteiger partial charge in [0.2, 0.25) is 0 Å². The van der Waals surface area contributed by atoms with Crippen molar-refractivity contribution >= 4 is 22.9 Å². The van der Waals surface area contributed by atoms with E-state index in [2.05, 4.69) is 68.6 Å². The molecule has 0 saturated carbocycles. The fourth-order valence-corrected chi connectivity index (χ4v) is 4.58. The van der Waals surface area contributed by atoms with Gasteiger partial charge < -0.3 is 10.2 Å². The van der Waals surface area contributed by atoms with Crippen LogP contribution in [-0.2, 0) is 6.42 Å². The highest BCUT2D eigenvalue weighted by molar-refractivity contribution is 6.04. The number of aliphatic imine (C=N–C) groups is 1. The Hall–Kier alpha value is -3.08. The number of amidine groups is 1. The second kappa shape index (κ2) is 7.07. The first-order valence-electron chi connectivity index (χ1n) is 10.4. The molecule has 0 aliphatic carbocycles. The third-order valence-corrected chi connectivity index (χ3v) is 6.30. The highest BCUT2D eigenvalue weighted by Crippen LogP contribution is 2.35. The lowest BCUT2D eigenvalue weighted by atomic mass is 9.97. The molecule has 0 amide bonds. The fraction of sp³-hybridized carbons (Fsp3) is 0.333. The number of pyridine rings is 1. The number of aromatic nitrogens is 2. The molecule has 1 N–H and O–H groups in total.